The molecule has 3 rings (SSSR count). The highest BCUT2D eigenvalue weighted by Crippen LogP contribution is 2.24. The first kappa shape index (κ1) is 13.9. The average molecular weight is 298 g/mol. The van der Waals surface area contributed by atoms with Crippen molar-refractivity contribution in [3.05, 3.63) is 72.6 Å². The van der Waals surface area contributed by atoms with Crippen molar-refractivity contribution < 1.29 is 8.78 Å². The van der Waals surface area contributed by atoms with Gasteiger partial charge in [-0.15, -0.1) is 0 Å². The molecule has 2 N–H and O–H groups in total. The van der Waals surface area contributed by atoms with E-state index in [-0.39, 0.29) is 11.6 Å². The SMILES string of the molecule is Fc1cccc(Nc2nccnc2Nc2cccc(F)c2)c1. The first-order valence-electron chi connectivity index (χ1n) is 6.57. The van der Waals surface area contributed by atoms with E-state index in [1.54, 1.807) is 24.3 Å². The van der Waals surface area contributed by atoms with Crippen LogP contribution in [-0.4, -0.2) is 9.97 Å². The molecule has 1 aromatic heterocycles. The van der Waals surface area contributed by atoms with Gasteiger partial charge in [0.2, 0.25) is 0 Å². The van der Waals surface area contributed by atoms with Crippen molar-refractivity contribution in [3.8, 4) is 0 Å². The topological polar surface area (TPSA) is 49.8 Å². The van der Waals surface area contributed by atoms with E-state index in [9.17, 15) is 8.78 Å². The van der Waals surface area contributed by atoms with Crippen molar-refractivity contribution in [1.29, 1.82) is 0 Å². The Morgan fingerprint density at radius 2 is 1.14 bits per heavy atom. The van der Waals surface area contributed by atoms with Gasteiger partial charge in [0, 0.05) is 23.8 Å². The van der Waals surface area contributed by atoms with E-state index in [1.165, 1.54) is 36.7 Å². The molecule has 3 aromatic rings. The van der Waals surface area contributed by atoms with Crippen molar-refractivity contribution in [1.82, 2.24) is 9.97 Å². The van der Waals surface area contributed by atoms with Crippen molar-refractivity contribution >= 4 is 23.0 Å². The standard InChI is InChI=1S/C16H12F2N4/c17-11-3-1-5-13(9-11)21-15-16(20-8-7-19-15)22-14-6-2-4-12(18)10-14/h1-10H,(H,19,21)(H,20,22). The highest BCUT2D eigenvalue weighted by atomic mass is 19.1. The fraction of sp³-hybridized carbons (Fsp3) is 0. The zero-order chi connectivity index (χ0) is 15.4. The molecule has 1 heterocycles. The second kappa shape index (κ2) is 6.17. The molecule has 4 nitrogen and oxygen atoms in total. The highest BCUT2D eigenvalue weighted by molar-refractivity contribution is 5.71. The summed E-state index contributed by atoms with van der Waals surface area (Å²) in [6.45, 7) is 0. The van der Waals surface area contributed by atoms with Crippen LogP contribution in [0, 0.1) is 11.6 Å². The van der Waals surface area contributed by atoms with Crippen molar-refractivity contribution in [2.24, 2.45) is 0 Å². The van der Waals surface area contributed by atoms with Crippen molar-refractivity contribution in [2.45, 2.75) is 0 Å². The maximum atomic E-state index is 13.2. The Balaban J connectivity index is 1.86. The van der Waals surface area contributed by atoms with Gasteiger partial charge in [-0.3, -0.25) is 0 Å². The molecule has 0 radical (unpaired) electrons. The molecule has 0 amide bonds. The van der Waals surface area contributed by atoms with E-state index in [4.69, 9.17) is 0 Å². The number of anilines is 4. The maximum Gasteiger partial charge on any atom is 0.173 e. The minimum Gasteiger partial charge on any atom is -0.337 e. The van der Waals surface area contributed by atoms with Gasteiger partial charge in [-0.25, -0.2) is 18.7 Å². The van der Waals surface area contributed by atoms with Gasteiger partial charge in [-0.1, -0.05) is 12.1 Å². The molecule has 0 aliphatic carbocycles. The van der Waals surface area contributed by atoms with Gasteiger partial charge in [-0.05, 0) is 36.4 Å². The van der Waals surface area contributed by atoms with Crippen LogP contribution in [0.3, 0.4) is 0 Å². The number of benzene rings is 2. The molecule has 0 spiro atoms. The zero-order valence-electron chi connectivity index (χ0n) is 11.4. The largest absolute Gasteiger partial charge is 0.337 e. The Labute approximate surface area is 125 Å². The quantitative estimate of drug-likeness (QED) is 0.756. The Morgan fingerprint density at radius 3 is 1.55 bits per heavy atom. The molecule has 0 aliphatic heterocycles. The predicted molar refractivity (Wildman–Crippen MR) is 81.4 cm³/mol. The molecular formula is C16H12F2N4. The second-order valence-corrected chi connectivity index (χ2v) is 4.52. The van der Waals surface area contributed by atoms with Gasteiger partial charge in [0.05, 0.1) is 0 Å². The average Bonchev–Trinajstić information content (AvgIpc) is 2.49. The normalized spacial score (nSPS) is 10.3. The fourth-order valence-corrected chi connectivity index (χ4v) is 1.93. The molecule has 0 saturated heterocycles. The Kier molecular flexibility index (Phi) is 3.91. The fourth-order valence-electron chi connectivity index (χ4n) is 1.93. The molecule has 0 bridgehead atoms. The van der Waals surface area contributed by atoms with Gasteiger partial charge in [0.1, 0.15) is 11.6 Å². The Hall–Kier alpha value is -3.02. The summed E-state index contributed by atoms with van der Waals surface area (Å²) in [6, 6.07) is 12.0. The molecule has 0 aliphatic rings. The smallest absolute Gasteiger partial charge is 0.173 e. The molecule has 0 atom stereocenters. The van der Waals surface area contributed by atoms with Crippen LogP contribution in [0.5, 0.6) is 0 Å². The highest BCUT2D eigenvalue weighted by Gasteiger charge is 2.07. The van der Waals surface area contributed by atoms with Gasteiger partial charge in [0.25, 0.3) is 0 Å². The molecule has 6 heteroatoms. The van der Waals surface area contributed by atoms with Crippen LogP contribution >= 0.6 is 0 Å². The van der Waals surface area contributed by atoms with E-state index in [2.05, 4.69) is 20.6 Å². The van der Waals surface area contributed by atoms with Crippen molar-refractivity contribution in [2.75, 3.05) is 10.6 Å². The number of hydrogen-bond donors (Lipinski definition) is 2. The summed E-state index contributed by atoms with van der Waals surface area (Å²) in [5.41, 5.74) is 1.09. The molecule has 0 fully saturated rings. The van der Waals surface area contributed by atoms with E-state index in [0.717, 1.165) is 0 Å². The number of hydrogen-bond acceptors (Lipinski definition) is 4. The first-order valence-corrected chi connectivity index (χ1v) is 6.57. The summed E-state index contributed by atoms with van der Waals surface area (Å²) >= 11 is 0. The van der Waals surface area contributed by atoms with E-state index >= 15 is 0 Å². The third-order valence-corrected chi connectivity index (χ3v) is 2.87. The third kappa shape index (κ3) is 3.35. The summed E-state index contributed by atoms with van der Waals surface area (Å²) < 4.78 is 26.5. The third-order valence-electron chi connectivity index (χ3n) is 2.87. The zero-order valence-corrected chi connectivity index (χ0v) is 11.4. The van der Waals surface area contributed by atoms with Crippen LogP contribution < -0.4 is 10.6 Å². The van der Waals surface area contributed by atoms with Gasteiger partial charge < -0.3 is 10.6 Å². The summed E-state index contributed by atoms with van der Waals surface area (Å²) in [4.78, 5) is 8.34. The van der Waals surface area contributed by atoms with E-state index in [1.807, 2.05) is 0 Å². The minimum absolute atomic E-state index is 0.353. The first-order chi connectivity index (χ1) is 10.7. The Morgan fingerprint density at radius 1 is 0.682 bits per heavy atom. The van der Waals surface area contributed by atoms with Crippen LogP contribution in [-0.2, 0) is 0 Å². The minimum atomic E-state index is -0.353. The molecule has 22 heavy (non-hydrogen) atoms. The lowest BCUT2D eigenvalue weighted by Crippen LogP contribution is -2.02. The van der Waals surface area contributed by atoms with E-state index in [0.29, 0.717) is 23.0 Å². The lowest BCUT2D eigenvalue weighted by molar-refractivity contribution is 0.628. The number of halogens is 2. The predicted octanol–water partition coefficient (Wildman–Crippen LogP) is 4.24. The van der Waals surface area contributed by atoms with Gasteiger partial charge in [-0.2, -0.15) is 0 Å². The summed E-state index contributed by atoms with van der Waals surface area (Å²) in [5.74, 6) is 0.122. The van der Waals surface area contributed by atoms with Crippen molar-refractivity contribution in [3.63, 3.8) is 0 Å². The van der Waals surface area contributed by atoms with Crippen LogP contribution in [0.1, 0.15) is 0 Å². The molecule has 0 saturated carbocycles. The molecule has 110 valence electrons. The Bertz CT molecular complexity index is 726. The maximum absolute atomic E-state index is 13.2. The lowest BCUT2D eigenvalue weighted by Gasteiger charge is -2.11. The summed E-state index contributed by atoms with van der Waals surface area (Å²) in [6.07, 6.45) is 3.02. The van der Waals surface area contributed by atoms with Gasteiger partial charge >= 0.3 is 0 Å². The lowest BCUT2D eigenvalue weighted by atomic mass is 10.3. The number of aromatic nitrogens is 2. The second-order valence-electron chi connectivity index (χ2n) is 4.52. The molecule has 2 aromatic carbocycles. The van der Waals surface area contributed by atoms with Gasteiger partial charge in [0.15, 0.2) is 11.6 Å². The number of rotatable bonds is 4. The number of nitrogens with one attached hydrogen (secondary N) is 2. The van der Waals surface area contributed by atoms with Crippen LogP contribution in [0.15, 0.2) is 60.9 Å². The number of nitrogens with zero attached hydrogens (tertiary/aromatic N) is 2. The molecule has 0 unspecified atom stereocenters. The van der Waals surface area contributed by atoms with Crippen LogP contribution in [0.2, 0.25) is 0 Å². The monoisotopic (exact) mass is 298 g/mol. The van der Waals surface area contributed by atoms with E-state index < -0.39 is 0 Å². The van der Waals surface area contributed by atoms with Crippen LogP contribution in [0.4, 0.5) is 31.8 Å². The summed E-state index contributed by atoms with van der Waals surface area (Å²) in [5, 5.41) is 5.96. The molecular weight excluding hydrogens is 286 g/mol. The summed E-state index contributed by atoms with van der Waals surface area (Å²) in [7, 11) is 0. The van der Waals surface area contributed by atoms with Crippen LogP contribution in [0.25, 0.3) is 0 Å².